The first-order valence-corrected chi connectivity index (χ1v) is 16.3. The number of hydrogen-bond donors (Lipinski definition) is 0. The van der Waals surface area contributed by atoms with Crippen molar-refractivity contribution in [3.05, 3.63) is 89.3 Å². The Labute approximate surface area is 269 Å². The monoisotopic (exact) mass is 645 g/mol. The number of esters is 1. The number of carbonyl (C=O) groups is 2. The molecular formula is C37H45F4O5-. The largest absolute Gasteiger partial charge is 0.548 e. The van der Waals surface area contributed by atoms with Gasteiger partial charge in [-0.25, -0.2) is 9.18 Å². The lowest BCUT2D eigenvalue weighted by atomic mass is 9.72. The second kappa shape index (κ2) is 17.3. The van der Waals surface area contributed by atoms with E-state index >= 15 is 4.39 Å². The van der Waals surface area contributed by atoms with Gasteiger partial charge in [0.1, 0.15) is 17.0 Å². The Morgan fingerprint density at radius 1 is 0.913 bits per heavy atom. The van der Waals surface area contributed by atoms with Gasteiger partial charge in [-0.05, 0) is 60.6 Å². The minimum Gasteiger partial charge on any atom is -0.548 e. The molecule has 0 bridgehead atoms. The van der Waals surface area contributed by atoms with Crippen LogP contribution in [0.4, 0.5) is 17.6 Å². The zero-order valence-corrected chi connectivity index (χ0v) is 26.9. The summed E-state index contributed by atoms with van der Waals surface area (Å²) in [5.41, 5.74) is -2.73. The van der Waals surface area contributed by atoms with Crippen molar-refractivity contribution in [3.63, 3.8) is 0 Å². The summed E-state index contributed by atoms with van der Waals surface area (Å²) in [6, 6.07) is 12.1. The maximum absolute atomic E-state index is 15.9. The minimum absolute atomic E-state index is 0.0693. The third-order valence-corrected chi connectivity index (χ3v) is 8.30. The number of rotatable bonds is 18. The number of halogens is 4. The van der Waals surface area contributed by atoms with Crippen LogP contribution in [0.15, 0.2) is 72.6 Å². The van der Waals surface area contributed by atoms with Gasteiger partial charge in [-0.3, -0.25) is 0 Å². The molecule has 0 amide bonds. The van der Waals surface area contributed by atoms with Crippen LogP contribution < -0.4 is 9.84 Å². The normalized spacial score (nSPS) is 18.7. The number of ether oxygens (including phenoxy) is 2. The van der Waals surface area contributed by atoms with Crippen LogP contribution in [0.2, 0.25) is 0 Å². The Kier molecular flexibility index (Phi) is 13.9. The fraction of sp³-hybridized carbons (Fsp3) is 0.514. The molecule has 0 spiro atoms. The summed E-state index contributed by atoms with van der Waals surface area (Å²) in [5, 5.41) is 12.5. The molecule has 0 saturated carbocycles. The number of benzene rings is 2. The van der Waals surface area contributed by atoms with E-state index in [0.717, 1.165) is 31.1 Å². The maximum atomic E-state index is 15.9. The number of alkyl halides is 3. The van der Waals surface area contributed by atoms with Gasteiger partial charge in [0, 0.05) is 5.92 Å². The summed E-state index contributed by atoms with van der Waals surface area (Å²) in [5.74, 6) is -4.43. The SMILES string of the molecule is CCCCCCCCCCOc1ccc(C2C=CC(C(=O)[O-])(c3ccccc3C(=O)OC(CCC(C)C)C(F)(F)F)C(F)=C2)cc1. The maximum Gasteiger partial charge on any atom is 0.425 e. The molecule has 9 heteroatoms. The summed E-state index contributed by atoms with van der Waals surface area (Å²) in [4.78, 5) is 25.6. The van der Waals surface area contributed by atoms with Gasteiger partial charge >= 0.3 is 12.1 Å². The van der Waals surface area contributed by atoms with E-state index in [2.05, 4.69) is 6.92 Å². The van der Waals surface area contributed by atoms with Gasteiger partial charge < -0.3 is 19.4 Å². The van der Waals surface area contributed by atoms with E-state index in [0.29, 0.717) is 17.9 Å². The Balaban J connectivity index is 1.72. The van der Waals surface area contributed by atoms with E-state index < -0.39 is 53.4 Å². The highest BCUT2D eigenvalue weighted by Crippen LogP contribution is 2.43. The van der Waals surface area contributed by atoms with Gasteiger partial charge in [0.05, 0.1) is 18.1 Å². The third-order valence-electron chi connectivity index (χ3n) is 8.30. The molecule has 0 aromatic heterocycles. The van der Waals surface area contributed by atoms with Crippen molar-refractivity contribution >= 4 is 11.9 Å². The summed E-state index contributed by atoms with van der Waals surface area (Å²) in [6.45, 7) is 6.27. The van der Waals surface area contributed by atoms with E-state index in [4.69, 9.17) is 9.47 Å². The number of aliphatic carboxylic acids is 1. The van der Waals surface area contributed by atoms with Gasteiger partial charge in [0.2, 0.25) is 0 Å². The molecular weight excluding hydrogens is 600 g/mol. The van der Waals surface area contributed by atoms with Crippen LogP contribution in [0.1, 0.15) is 112 Å². The zero-order valence-electron chi connectivity index (χ0n) is 26.9. The molecule has 3 rings (SSSR count). The fourth-order valence-electron chi connectivity index (χ4n) is 5.56. The Bertz CT molecular complexity index is 1330. The Morgan fingerprint density at radius 2 is 1.54 bits per heavy atom. The van der Waals surface area contributed by atoms with Crippen LogP contribution in [0, 0.1) is 5.92 Å². The molecule has 2 aromatic rings. The Hall–Kier alpha value is -3.62. The smallest absolute Gasteiger partial charge is 0.425 e. The van der Waals surface area contributed by atoms with Crippen LogP contribution in [-0.4, -0.2) is 30.8 Å². The van der Waals surface area contributed by atoms with Crippen molar-refractivity contribution in [2.24, 2.45) is 5.92 Å². The van der Waals surface area contributed by atoms with Crippen molar-refractivity contribution in [2.75, 3.05) is 6.61 Å². The highest BCUT2D eigenvalue weighted by molar-refractivity contribution is 5.97. The molecule has 0 N–H and O–H groups in total. The molecule has 2 aromatic carbocycles. The van der Waals surface area contributed by atoms with Crippen LogP contribution >= 0.6 is 0 Å². The second-order valence-electron chi connectivity index (χ2n) is 12.3. The van der Waals surface area contributed by atoms with Crippen molar-refractivity contribution in [1.82, 2.24) is 0 Å². The average molecular weight is 646 g/mol. The quantitative estimate of drug-likeness (QED) is 0.0701. The molecule has 0 radical (unpaired) electrons. The molecule has 3 unspecified atom stereocenters. The lowest BCUT2D eigenvalue weighted by Crippen LogP contribution is -2.47. The first-order valence-electron chi connectivity index (χ1n) is 16.3. The van der Waals surface area contributed by atoms with E-state index in [-0.39, 0.29) is 17.9 Å². The molecule has 0 heterocycles. The van der Waals surface area contributed by atoms with Crippen molar-refractivity contribution < 1.29 is 41.7 Å². The lowest BCUT2D eigenvalue weighted by Gasteiger charge is -2.35. The molecule has 1 aliphatic rings. The highest BCUT2D eigenvalue weighted by atomic mass is 19.4. The van der Waals surface area contributed by atoms with E-state index in [9.17, 15) is 27.9 Å². The van der Waals surface area contributed by atoms with Crippen molar-refractivity contribution in [1.29, 1.82) is 0 Å². The van der Waals surface area contributed by atoms with Crippen molar-refractivity contribution in [2.45, 2.75) is 109 Å². The zero-order chi connectivity index (χ0) is 33.7. The number of allylic oxidation sites excluding steroid dienone is 2. The first-order chi connectivity index (χ1) is 21.9. The predicted molar refractivity (Wildman–Crippen MR) is 168 cm³/mol. The molecule has 1 aliphatic carbocycles. The van der Waals surface area contributed by atoms with Crippen molar-refractivity contribution in [3.8, 4) is 5.75 Å². The average Bonchev–Trinajstić information content (AvgIpc) is 3.01. The fourth-order valence-corrected chi connectivity index (χ4v) is 5.56. The van der Waals surface area contributed by atoms with Crippen LogP contribution in [-0.2, 0) is 14.9 Å². The van der Waals surface area contributed by atoms with Gasteiger partial charge in [-0.2, -0.15) is 13.2 Å². The van der Waals surface area contributed by atoms with E-state index in [1.165, 1.54) is 62.8 Å². The van der Waals surface area contributed by atoms with Gasteiger partial charge in [0.15, 0.2) is 6.10 Å². The highest BCUT2D eigenvalue weighted by Gasteiger charge is 2.45. The summed E-state index contributed by atoms with van der Waals surface area (Å²) in [7, 11) is 0. The number of carbonyl (C=O) groups excluding carboxylic acids is 2. The summed E-state index contributed by atoms with van der Waals surface area (Å²) >= 11 is 0. The molecule has 252 valence electrons. The van der Waals surface area contributed by atoms with Crippen LogP contribution in [0.3, 0.4) is 0 Å². The predicted octanol–water partition coefficient (Wildman–Crippen LogP) is 8.92. The van der Waals surface area contributed by atoms with Gasteiger partial charge in [-0.1, -0.05) is 108 Å². The van der Waals surface area contributed by atoms with E-state index in [1.54, 1.807) is 38.1 Å². The molecule has 46 heavy (non-hydrogen) atoms. The standard InChI is InChI=1S/C37H46F4O5/c1-4-5-6-7-8-9-10-13-24-45-29-19-17-27(18-20-29)28-22-23-36(35(43)44,32(38)25-28)31-15-12-11-14-30(31)34(42)46-33(37(39,40)41)21-16-26(2)3/h11-12,14-15,17-20,22-23,25-26,28,33H,4-10,13,16,21,24H2,1-3H3,(H,43,44)/p-1. The topological polar surface area (TPSA) is 75.7 Å². The number of carboxylic acids is 1. The van der Waals surface area contributed by atoms with E-state index in [1.807, 2.05) is 0 Å². The number of unbranched alkanes of at least 4 members (excludes halogenated alkanes) is 7. The second-order valence-corrected chi connectivity index (χ2v) is 12.3. The van der Waals surface area contributed by atoms with Crippen LogP contribution in [0.5, 0.6) is 5.75 Å². The molecule has 0 aliphatic heterocycles. The van der Waals surface area contributed by atoms with Crippen LogP contribution in [0.25, 0.3) is 0 Å². The summed E-state index contributed by atoms with van der Waals surface area (Å²) in [6.07, 6.45) is 5.67. The number of hydrogen-bond acceptors (Lipinski definition) is 5. The molecule has 0 fully saturated rings. The molecule has 0 saturated heterocycles. The third kappa shape index (κ3) is 9.94. The molecule has 5 nitrogen and oxygen atoms in total. The number of carboxylic acid groups (broad SMARTS) is 1. The Morgan fingerprint density at radius 3 is 2.13 bits per heavy atom. The first kappa shape index (κ1) is 36.8. The van der Waals surface area contributed by atoms with Gasteiger partial charge in [-0.15, -0.1) is 0 Å². The molecule has 3 atom stereocenters. The van der Waals surface area contributed by atoms with Gasteiger partial charge in [0.25, 0.3) is 0 Å². The summed E-state index contributed by atoms with van der Waals surface area (Å²) < 4.78 is 67.7. The lowest BCUT2D eigenvalue weighted by molar-refractivity contribution is -0.310. The minimum atomic E-state index is -4.83.